The van der Waals surface area contributed by atoms with Gasteiger partial charge in [0.2, 0.25) is 0 Å². The minimum absolute atomic E-state index is 0.0180. The number of ketones is 1. The van der Waals surface area contributed by atoms with Gasteiger partial charge >= 0.3 is 5.97 Å². The van der Waals surface area contributed by atoms with Gasteiger partial charge in [0.25, 0.3) is 0 Å². The summed E-state index contributed by atoms with van der Waals surface area (Å²) in [6.07, 6.45) is 3.12. The predicted octanol–water partition coefficient (Wildman–Crippen LogP) is 4.63. The van der Waals surface area contributed by atoms with Gasteiger partial charge < -0.3 is 20.3 Å². The van der Waals surface area contributed by atoms with E-state index < -0.39 is 11.9 Å². The summed E-state index contributed by atoms with van der Waals surface area (Å²) in [5.41, 5.74) is 2.61. The second-order valence-electron chi connectivity index (χ2n) is 7.56. The van der Waals surface area contributed by atoms with Crippen LogP contribution in [0.3, 0.4) is 0 Å². The molecule has 0 spiro atoms. The topological polar surface area (TPSA) is 95.9 Å². The Morgan fingerprint density at radius 3 is 2.66 bits per heavy atom. The molecule has 2 atom stereocenters. The summed E-state index contributed by atoms with van der Waals surface area (Å²) >= 11 is 3.33. The number of carboxylic acid groups (broad SMARTS) is 1. The van der Waals surface area contributed by atoms with Gasteiger partial charge in [-0.3, -0.25) is 4.79 Å². The number of halogens is 1. The lowest BCUT2D eigenvalue weighted by Crippen LogP contribution is -2.36. The summed E-state index contributed by atoms with van der Waals surface area (Å²) in [5, 5.41) is 23.4. The number of hydrogen-bond donors (Lipinski definition) is 3. The molecule has 0 radical (unpaired) electrons. The fraction of sp³-hybridized carbons (Fsp3) is 0.455. The average Bonchev–Trinajstić information content (AvgIpc) is 2.64. The van der Waals surface area contributed by atoms with Crippen molar-refractivity contribution in [1.29, 1.82) is 0 Å². The number of carbonyl (C=O) groups excluding carboxylic acids is 1. The Morgan fingerprint density at radius 2 is 2.03 bits per heavy atom. The van der Waals surface area contributed by atoms with E-state index >= 15 is 0 Å². The van der Waals surface area contributed by atoms with Crippen molar-refractivity contribution in [2.75, 3.05) is 6.61 Å². The molecule has 0 bridgehead atoms. The van der Waals surface area contributed by atoms with Crippen LogP contribution in [0.1, 0.15) is 57.9 Å². The minimum Gasteiger partial charge on any atom is -0.503 e. The Morgan fingerprint density at radius 1 is 1.31 bits per heavy atom. The molecule has 1 heterocycles. The lowest BCUT2D eigenvalue weighted by molar-refractivity contribution is -0.133. The molecular formula is C22H26BrNO5. The fourth-order valence-corrected chi connectivity index (χ4v) is 4.83. The van der Waals surface area contributed by atoms with Crippen LogP contribution >= 0.6 is 15.9 Å². The zero-order valence-corrected chi connectivity index (χ0v) is 18.4. The van der Waals surface area contributed by atoms with Crippen LogP contribution in [-0.4, -0.2) is 28.6 Å². The molecule has 7 heteroatoms. The van der Waals surface area contributed by atoms with E-state index in [2.05, 4.69) is 28.2 Å². The maximum absolute atomic E-state index is 13.1. The smallest absolute Gasteiger partial charge is 0.334 e. The van der Waals surface area contributed by atoms with Crippen LogP contribution in [0.5, 0.6) is 11.5 Å². The maximum atomic E-state index is 13.1. The number of carbonyl (C=O) groups is 2. The van der Waals surface area contributed by atoms with E-state index in [1.54, 1.807) is 26.0 Å². The second kappa shape index (κ2) is 8.61. The van der Waals surface area contributed by atoms with Crippen LogP contribution in [0, 0.1) is 5.92 Å². The van der Waals surface area contributed by atoms with Gasteiger partial charge in [-0.05, 0) is 66.2 Å². The van der Waals surface area contributed by atoms with Crippen molar-refractivity contribution < 1.29 is 24.5 Å². The Balaban J connectivity index is 2.18. The molecule has 1 aliphatic heterocycles. The van der Waals surface area contributed by atoms with Gasteiger partial charge in [0.15, 0.2) is 17.3 Å². The fourth-order valence-electron chi connectivity index (χ4n) is 4.37. The van der Waals surface area contributed by atoms with Gasteiger partial charge in [0.05, 0.1) is 16.7 Å². The van der Waals surface area contributed by atoms with Crippen molar-refractivity contribution in [3.8, 4) is 11.5 Å². The minimum atomic E-state index is -1.07. The number of aliphatic carboxylic acids is 1. The molecule has 0 aromatic heterocycles. The SMILES string of the molecule is CCC[C@@H]1CC(=O)C2=C(C1)NC(C)=C(C(=O)O)[C@H]2c1cc(Br)c(O)c(OCC)c1. The average molecular weight is 464 g/mol. The lowest BCUT2D eigenvalue weighted by Gasteiger charge is -2.36. The molecule has 156 valence electrons. The molecule has 0 unspecified atom stereocenters. The Hall–Kier alpha value is -2.28. The van der Waals surface area contributed by atoms with Crippen LogP contribution in [0.4, 0.5) is 0 Å². The zero-order chi connectivity index (χ0) is 21.3. The molecule has 1 aromatic rings. The number of phenolic OH excluding ortho intramolecular Hbond substituents is 1. The molecule has 29 heavy (non-hydrogen) atoms. The summed E-state index contributed by atoms with van der Waals surface area (Å²) in [6, 6.07) is 3.30. The third kappa shape index (κ3) is 4.06. The molecule has 0 amide bonds. The highest BCUT2D eigenvalue weighted by Crippen LogP contribution is 2.47. The summed E-state index contributed by atoms with van der Waals surface area (Å²) in [5.74, 6) is -1.33. The van der Waals surface area contributed by atoms with Crippen LogP contribution in [-0.2, 0) is 9.59 Å². The van der Waals surface area contributed by atoms with Gasteiger partial charge in [0.1, 0.15) is 0 Å². The maximum Gasteiger partial charge on any atom is 0.334 e. The molecule has 2 aliphatic rings. The number of rotatable bonds is 6. The normalized spacial score (nSPS) is 21.7. The number of aromatic hydroxyl groups is 1. The van der Waals surface area contributed by atoms with Crippen LogP contribution in [0.2, 0.25) is 0 Å². The number of ether oxygens (including phenoxy) is 1. The number of nitrogens with one attached hydrogen (secondary N) is 1. The van der Waals surface area contributed by atoms with Gasteiger partial charge in [-0.15, -0.1) is 0 Å². The molecule has 3 rings (SSSR count). The summed E-state index contributed by atoms with van der Waals surface area (Å²) < 4.78 is 5.92. The zero-order valence-electron chi connectivity index (χ0n) is 16.8. The van der Waals surface area contributed by atoms with E-state index in [4.69, 9.17) is 4.74 Å². The van der Waals surface area contributed by atoms with Crippen LogP contribution in [0.25, 0.3) is 0 Å². The van der Waals surface area contributed by atoms with Crippen molar-refractivity contribution in [3.63, 3.8) is 0 Å². The number of carboxylic acids is 1. The first-order valence-corrected chi connectivity index (χ1v) is 10.7. The highest BCUT2D eigenvalue weighted by Gasteiger charge is 2.40. The number of Topliss-reactive ketones (excluding diaryl/α,β-unsaturated/α-hetero) is 1. The van der Waals surface area contributed by atoms with Gasteiger partial charge in [0, 0.05) is 29.3 Å². The summed E-state index contributed by atoms with van der Waals surface area (Å²) in [7, 11) is 0. The van der Waals surface area contributed by atoms with Crippen molar-refractivity contribution in [3.05, 3.63) is 44.7 Å². The van der Waals surface area contributed by atoms with E-state index in [0.717, 1.165) is 25.0 Å². The first kappa shape index (κ1) is 21.4. The first-order valence-electron chi connectivity index (χ1n) is 9.90. The molecule has 0 fully saturated rings. The molecular weight excluding hydrogens is 438 g/mol. The summed E-state index contributed by atoms with van der Waals surface area (Å²) in [6.45, 7) is 5.98. The van der Waals surface area contributed by atoms with Crippen molar-refractivity contribution >= 4 is 27.7 Å². The van der Waals surface area contributed by atoms with E-state index in [0.29, 0.717) is 34.3 Å². The van der Waals surface area contributed by atoms with Crippen molar-refractivity contribution in [2.45, 2.75) is 52.4 Å². The highest BCUT2D eigenvalue weighted by atomic mass is 79.9. The second-order valence-corrected chi connectivity index (χ2v) is 8.42. The van der Waals surface area contributed by atoms with E-state index in [1.165, 1.54) is 0 Å². The molecule has 3 N–H and O–H groups in total. The van der Waals surface area contributed by atoms with Crippen LogP contribution in [0.15, 0.2) is 39.1 Å². The van der Waals surface area contributed by atoms with Crippen molar-refractivity contribution in [2.24, 2.45) is 5.92 Å². The molecule has 1 aromatic carbocycles. The predicted molar refractivity (Wildman–Crippen MR) is 113 cm³/mol. The molecule has 1 aliphatic carbocycles. The first-order chi connectivity index (χ1) is 13.8. The van der Waals surface area contributed by atoms with Gasteiger partial charge in [-0.25, -0.2) is 4.79 Å². The Kier molecular flexibility index (Phi) is 6.36. The van der Waals surface area contributed by atoms with Gasteiger partial charge in [-0.1, -0.05) is 13.3 Å². The third-order valence-electron chi connectivity index (χ3n) is 5.52. The Labute approximate surface area is 178 Å². The standard InChI is InChI=1S/C22H26BrNO5/c1-4-6-12-7-15-20(16(25)8-12)19(18(22(27)28)11(3)24-15)13-9-14(23)21(26)17(10-13)29-5-2/h9-10,12,19,24,26H,4-8H2,1-3H3,(H,27,28)/t12-,19+/m0/s1. The van der Waals surface area contributed by atoms with Crippen LogP contribution < -0.4 is 10.1 Å². The highest BCUT2D eigenvalue weighted by molar-refractivity contribution is 9.10. The lowest BCUT2D eigenvalue weighted by atomic mass is 9.72. The van der Waals surface area contributed by atoms with E-state index in [1.807, 2.05) is 0 Å². The molecule has 0 saturated carbocycles. The monoisotopic (exact) mass is 463 g/mol. The number of benzene rings is 1. The number of hydrogen-bond acceptors (Lipinski definition) is 5. The third-order valence-corrected chi connectivity index (χ3v) is 6.13. The van der Waals surface area contributed by atoms with Gasteiger partial charge in [-0.2, -0.15) is 0 Å². The molecule has 0 saturated heterocycles. The van der Waals surface area contributed by atoms with E-state index in [9.17, 15) is 19.8 Å². The van der Waals surface area contributed by atoms with E-state index in [-0.39, 0.29) is 28.8 Å². The molecule has 6 nitrogen and oxygen atoms in total. The number of phenols is 1. The Bertz CT molecular complexity index is 918. The quantitative estimate of drug-likeness (QED) is 0.568. The number of dihydropyridines is 1. The summed E-state index contributed by atoms with van der Waals surface area (Å²) in [4.78, 5) is 25.3. The van der Waals surface area contributed by atoms with Crippen molar-refractivity contribution in [1.82, 2.24) is 5.32 Å². The number of allylic oxidation sites excluding steroid dienone is 3. The largest absolute Gasteiger partial charge is 0.503 e.